The largest absolute Gasteiger partial charge is 0.396 e. The zero-order valence-corrected chi connectivity index (χ0v) is 10.6. The van der Waals surface area contributed by atoms with Crippen LogP contribution in [0.5, 0.6) is 0 Å². The summed E-state index contributed by atoms with van der Waals surface area (Å²) in [5, 5.41) is 22.0. The maximum atomic E-state index is 11.3. The summed E-state index contributed by atoms with van der Waals surface area (Å²) < 4.78 is 0. The molecule has 0 fully saturated rings. The van der Waals surface area contributed by atoms with Gasteiger partial charge in [-0.3, -0.25) is 4.79 Å². The maximum Gasteiger partial charge on any atom is 0.224 e. The Bertz CT molecular complexity index is 454. The third-order valence-corrected chi connectivity index (χ3v) is 3.44. The molecule has 0 bridgehead atoms. The molecule has 1 atom stereocenters. The molecule has 4 nitrogen and oxygen atoms in total. The Kier molecular flexibility index (Phi) is 3.68. The summed E-state index contributed by atoms with van der Waals surface area (Å²) in [4.78, 5) is 11.3. The third-order valence-electron chi connectivity index (χ3n) is 3.44. The van der Waals surface area contributed by atoms with Gasteiger partial charge in [0, 0.05) is 18.7 Å². The molecule has 0 spiro atoms. The van der Waals surface area contributed by atoms with Gasteiger partial charge in [-0.1, -0.05) is 12.1 Å². The lowest BCUT2D eigenvalue weighted by Crippen LogP contribution is -2.24. The van der Waals surface area contributed by atoms with Gasteiger partial charge in [0.1, 0.15) is 0 Å². The number of nitrogens with one attached hydrogen (secondary N) is 1. The molecule has 18 heavy (non-hydrogen) atoms. The first-order valence-corrected chi connectivity index (χ1v) is 6.29. The predicted molar refractivity (Wildman–Crippen MR) is 69.3 cm³/mol. The number of rotatable bonds is 4. The number of carbonyl (C=O) groups is 1. The van der Waals surface area contributed by atoms with Crippen LogP contribution in [0, 0.1) is 0 Å². The van der Waals surface area contributed by atoms with E-state index in [0.717, 1.165) is 16.8 Å². The molecule has 2 rings (SSSR count). The third kappa shape index (κ3) is 2.71. The number of fused-ring (bicyclic) bond motifs is 1. The number of carbonyl (C=O) groups excluding carboxylic acids is 1. The van der Waals surface area contributed by atoms with Crippen molar-refractivity contribution in [1.29, 1.82) is 0 Å². The number of hydrogen-bond donors (Lipinski definition) is 3. The fraction of sp³-hybridized carbons (Fsp3) is 0.500. The summed E-state index contributed by atoms with van der Waals surface area (Å²) in [6, 6.07) is 5.63. The van der Waals surface area contributed by atoms with Gasteiger partial charge in [0.2, 0.25) is 5.91 Å². The van der Waals surface area contributed by atoms with Gasteiger partial charge in [-0.2, -0.15) is 0 Å². The molecule has 4 heteroatoms. The van der Waals surface area contributed by atoms with Crippen molar-refractivity contribution in [2.45, 2.75) is 38.2 Å². The summed E-state index contributed by atoms with van der Waals surface area (Å²) in [5.74, 6) is 0.0438. The molecule has 1 heterocycles. The molecule has 0 aliphatic carbocycles. The second-order valence-corrected chi connectivity index (χ2v) is 5.02. The standard InChI is InChI=1S/C14H19NO3/c1-14(18,7-2-8-16)11-4-5-12-10(9-11)3-6-13(17)15-12/h4-5,9,16,18H,2-3,6-8H2,1H3,(H,15,17). The van der Waals surface area contributed by atoms with Crippen LogP contribution in [0.3, 0.4) is 0 Å². The van der Waals surface area contributed by atoms with E-state index in [4.69, 9.17) is 5.11 Å². The van der Waals surface area contributed by atoms with Gasteiger partial charge in [0.25, 0.3) is 0 Å². The molecule has 98 valence electrons. The van der Waals surface area contributed by atoms with Crippen LogP contribution in [-0.2, 0) is 16.8 Å². The summed E-state index contributed by atoms with van der Waals surface area (Å²) in [7, 11) is 0. The Morgan fingerprint density at radius 2 is 2.17 bits per heavy atom. The van der Waals surface area contributed by atoms with E-state index in [-0.39, 0.29) is 12.5 Å². The van der Waals surface area contributed by atoms with E-state index in [1.165, 1.54) is 0 Å². The number of aliphatic hydroxyl groups is 2. The van der Waals surface area contributed by atoms with Crippen LogP contribution >= 0.6 is 0 Å². The predicted octanol–water partition coefficient (Wildman–Crippen LogP) is 1.55. The van der Waals surface area contributed by atoms with Crippen molar-refractivity contribution < 1.29 is 15.0 Å². The Morgan fingerprint density at radius 3 is 2.89 bits per heavy atom. The van der Waals surface area contributed by atoms with E-state index in [1.807, 2.05) is 18.2 Å². The maximum absolute atomic E-state index is 11.3. The number of hydrogen-bond acceptors (Lipinski definition) is 3. The van der Waals surface area contributed by atoms with Crippen LogP contribution in [0.25, 0.3) is 0 Å². The molecule has 0 saturated heterocycles. The SMILES string of the molecule is CC(O)(CCCO)c1ccc2c(c1)CCC(=O)N2. The van der Waals surface area contributed by atoms with Gasteiger partial charge in [-0.15, -0.1) is 0 Å². The first-order valence-electron chi connectivity index (χ1n) is 6.29. The highest BCUT2D eigenvalue weighted by atomic mass is 16.3. The average Bonchev–Trinajstić information content (AvgIpc) is 2.35. The minimum absolute atomic E-state index is 0.0438. The first kappa shape index (κ1) is 13.1. The Balaban J connectivity index is 2.23. The van der Waals surface area contributed by atoms with Crippen LogP contribution < -0.4 is 5.32 Å². The lowest BCUT2D eigenvalue weighted by atomic mass is 9.88. The highest BCUT2D eigenvalue weighted by Gasteiger charge is 2.24. The zero-order chi connectivity index (χ0) is 13.2. The molecule has 0 radical (unpaired) electrons. The number of aliphatic hydroxyl groups excluding tert-OH is 1. The van der Waals surface area contributed by atoms with Crippen LogP contribution in [0.1, 0.15) is 37.3 Å². The molecular formula is C14H19NO3. The molecule has 1 aliphatic rings. The average molecular weight is 249 g/mol. The van der Waals surface area contributed by atoms with Gasteiger partial charge in [0.15, 0.2) is 0 Å². The van der Waals surface area contributed by atoms with Gasteiger partial charge in [-0.25, -0.2) is 0 Å². The molecule has 1 amide bonds. The summed E-state index contributed by atoms with van der Waals surface area (Å²) in [6.45, 7) is 1.84. The minimum Gasteiger partial charge on any atom is -0.396 e. The van der Waals surface area contributed by atoms with E-state index in [0.29, 0.717) is 25.7 Å². The smallest absolute Gasteiger partial charge is 0.224 e. The van der Waals surface area contributed by atoms with Gasteiger partial charge in [0.05, 0.1) is 5.60 Å². The normalized spacial score (nSPS) is 17.8. The van der Waals surface area contributed by atoms with Crippen LogP contribution in [0.2, 0.25) is 0 Å². The van der Waals surface area contributed by atoms with Gasteiger partial charge < -0.3 is 15.5 Å². The van der Waals surface area contributed by atoms with Crippen molar-refractivity contribution in [2.75, 3.05) is 11.9 Å². The van der Waals surface area contributed by atoms with Crippen molar-refractivity contribution in [2.24, 2.45) is 0 Å². The highest BCUT2D eigenvalue weighted by molar-refractivity contribution is 5.93. The molecular weight excluding hydrogens is 230 g/mol. The molecule has 3 N–H and O–H groups in total. The first-order chi connectivity index (χ1) is 8.53. The molecule has 1 aliphatic heterocycles. The van der Waals surface area contributed by atoms with E-state index in [9.17, 15) is 9.90 Å². The van der Waals surface area contributed by atoms with Crippen molar-refractivity contribution in [3.8, 4) is 0 Å². The van der Waals surface area contributed by atoms with Gasteiger partial charge >= 0.3 is 0 Å². The van der Waals surface area contributed by atoms with Crippen LogP contribution in [-0.4, -0.2) is 22.7 Å². The van der Waals surface area contributed by atoms with E-state index >= 15 is 0 Å². The molecule has 0 saturated carbocycles. The zero-order valence-electron chi connectivity index (χ0n) is 10.6. The van der Waals surface area contributed by atoms with Crippen molar-refractivity contribution >= 4 is 11.6 Å². The monoisotopic (exact) mass is 249 g/mol. The number of anilines is 1. The molecule has 1 aromatic carbocycles. The van der Waals surface area contributed by atoms with Crippen LogP contribution in [0.4, 0.5) is 5.69 Å². The van der Waals surface area contributed by atoms with Crippen molar-refractivity contribution in [3.63, 3.8) is 0 Å². The molecule has 1 unspecified atom stereocenters. The summed E-state index contributed by atoms with van der Waals surface area (Å²) in [5.41, 5.74) is 1.81. The number of benzene rings is 1. The Labute approximate surface area is 107 Å². The van der Waals surface area contributed by atoms with Crippen molar-refractivity contribution in [1.82, 2.24) is 0 Å². The number of amides is 1. The number of aryl methyl sites for hydroxylation is 1. The Hall–Kier alpha value is -1.39. The quantitative estimate of drug-likeness (QED) is 0.758. The minimum atomic E-state index is -0.931. The topological polar surface area (TPSA) is 69.6 Å². The highest BCUT2D eigenvalue weighted by Crippen LogP contribution is 2.31. The van der Waals surface area contributed by atoms with E-state index in [2.05, 4.69) is 5.32 Å². The summed E-state index contributed by atoms with van der Waals surface area (Å²) >= 11 is 0. The lowest BCUT2D eigenvalue weighted by molar-refractivity contribution is -0.116. The fourth-order valence-corrected chi connectivity index (χ4v) is 2.29. The van der Waals surface area contributed by atoms with Crippen molar-refractivity contribution in [3.05, 3.63) is 29.3 Å². The second-order valence-electron chi connectivity index (χ2n) is 5.02. The molecule has 0 aromatic heterocycles. The Morgan fingerprint density at radius 1 is 1.39 bits per heavy atom. The summed E-state index contributed by atoms with van der Waals surface area (Å²) in [6.07, 6.45) is 2.30. The fourth-order valence-electron chi connectivity index (χ4n) is 2.29. The van der Waals surface area contributed by atoms with E-state index in [1.54, 1.807) is 6.92 Å². The molecule has 1 aromatic rings. The lowest BCUT2D eigenvalue weighted by Gasteiger charge is -2.26. The van der Waals surface area contributed by atoms with Gasteiger partial charge in [-0.05, 0) is 43.4 Å². The van der Waals surface area contributed by atoms with Crippen LogP contribution in [0.15, 0.2) is 18.2 Å². The van der Waals surface area contributed by atoms with E-state index < -0.39 is 5.60 Å². The second kappa shape index (κ2) is 5.08.